The van der Waals surface area contributed by atoms with Gasteiger partial charge in [-0.1, -0.05) is 37.1 Å². The Kier molecular flexibility index (Phi) is 9.26. The number of ether oxygens (including phenoxy) is 1. The van der Waals surface area contributed by atoms with Crippen LogP contribution in [-0.4, -0.2) is 38.1 Å². The van der Waals surface area contributed by atoms with Crippen molar-refractivity contribution in [2.45, 2.75) is 26.2 Å². The summed E-state index contributed by atoms with van der Waals surface area (Å²) in [5.41, 5.74) is 0.362. The van der Waals surface area contributed by atoms with Crippen LogP contribution < -0.4 is 10.6 Å². The van der Waals surface area contributed by atoms with Gasteiger partial charge in [0.2, 0.25) is 5.91 Å². The lowest BCUT2D eigenvalue weighted by molar-refractivity contribution is -0.120. The third-order valence-electron chi connectivity index (χ3n) is 2.96. The van der Waals surface area contributed by atoms with Crippen molar-refractivity contribution in [1.82, 2.24) is 10.6 Å². The van der Waals surface area contributed by atoms with Gasteiger partial charge >= 0.3 is 0 Å². The Labute approximate surface area is 136 Å². The van der Waals surface area contributed by atoms with Crippen molar-refractivity contribution in [3.05, 3.63) is 34.9 Å². The van der Waals surface area contributed by atoms with Crippen LogP contribution >= 0.6 is 11.6 Å². The standard InChI is InChI=1S/C16H23ClN2O3/c1-2-3-10-22-11-6-9-18-15(20)12-19-16(21)13-7-4-5-8-14(13)17/h4-5,7-8H,2-3,6,9-12H2,1H3,(H,18,20)(H,19,21). The van der Waals surface area contributed by atoms with Crippen molar-refractivity contribution in [3.8, 4) is 0 Å². The second kappa shape index (κ2) is 11.0. The van der Waals surface area contributed by atoms with E-state index in [4.69, 9.17) is 16.3 Å². The summed E-state index contributed by atoms with van der Waals surface area (Å²) in [5, 5.41) is 5.64. The molecule has 1 aromatic rings. The molecule has 2 N–H and O–H groups in total. The zero-order valence-electron chi connectivity index (χ0n) is 12.9. The molecule has 0 aliphatic carbocycles. The van der Waals surface area contributed by atoms with Crippen LogP contribution in [-0.2, 0) is 9.53 Å². The zero-order chi connectivity index (χ0) is 16.2. The third kappa shape index (κ3) is 7.43. The topological polar surface area (TPSA) is 67.4 Å². The average molecular weight is 327 g/mol. The van der Waals surface area contributed by atoms with Crippen molar-refractivity contribution in [2.24, 2.45) is 0 Å². The summed E-state index contributed by atoms with van der Waals surface area (Å²) in [6, 6.07) is 6.71. The number of amides is 2. The Morgan fingerprint density at radius 1 is 1.14 bits per heavy atom. The van der Waals surface area contributed by atoms with Crippen LogP contribution in [0.3, 0.4) is 0 Å². The molecule has 1 rings (SSSR count). The SMILES string of the molecule is CCCCOCCCNC(=O)CNC(=O)c1ccccc1Cl. The number of hydrogen-bond acceptors (Lipinski definition) is 3. The monoisotopic (exact) mass is 326 g/mol. The van der Waals surface area contributed by atoms with E-state index in [-0.39, 0.29) is 18.4 Å². The van der Waals surface area contributed by atoms with E-state index >= 15 is 0 Å². The Hall–Kier alpha value is -1.59. The summed E-state index contributed by atoms with van der Waals surface area (Å²) in [6.07, 6.45) is 2.93. The fourth-order valence-electron chi connectivity index (χ4n) is 1.71. The normalized spacial score (nSPS) is 10.3. The summed E-state index contributed by atoms with van der Waals surface area (Å²) < 4.78 is 5.39. The summed E-state index contributed by atoms with van der Waals surface area (Å²) in [4.78, 5) is 23.5. The van der Waals surface area contributed by atoms with Crippen molar-refractivity contribution in [2.75, 3.05) is 26.3 Å². The summed E-state index contributed by atoms with van der Waals surface area (Å²) in [6.45, 7) is 3.97. The van der Waals surface area contributed by atoms with E-state index in [1.54, 1.807) is 24.3 Å². The highest BCUT2D eigenvalue weighted by Crippen LogP contribution is 2.14. The Morgan fingerprint density at radius 2 is 1.86 bits per heavy atom. The van der Waals surface area contributed by atoms with E-state index in [9.17, 15) is 9.59 Å². The lowest BCUT2D eigenvalue weighted by Crippen LogP contribution is -2.37. The molecule has 5 nitrogen and oxygen atoms in total. The van der Waals surface area contributed by atoms with Crippen molar-refractivity contribution in [3.63, 3.8) is 0 Å². The van der Waals surface area contributed by atoms with Crippen molar-refractivity contribution < 1.29 is 14.3 Å². The van der Waals surface area contributed by atoms with Gasteiger partial charge < -0.3 is 15.4 Å². The number of carbonyl (C=O) groups is 2. The molecule has 0 heterocycles. The van der Waals surface area contributed by atoms with Crippen LogP contribution in [0.25, 0.3) is 0 Å². The van der Waals surface area contributed by atoms with Gasteiger partial charge in [-0.2, -0.15) is 0 Å². The lowest BCUT2D eigenvalue weighted by Gasteiger charge is -2.08. The number of benzene rings is 1. The highest BCUT2D eigenvalue weighted by atomic mass is 35.5. The molecular formula is C16H23ClN2O3. The van der Waals surface area contributed by atoms with Gasteiger partial charge in [0.25, 0.3) is 5.91 Å². The molecular weight excluding hydrogens is 304 g/mol. The molecule has 0 aliphatic rings. The van der Waals surface area contributed by atoms with E-state index in [0.717, 1.165) is 25.9 Å². The quantitative estimate of drug-likeness (QED) is 0.649. The summed E-state index contributed by atoms with van der Waals surface area (Å²) >= 11 is 5.91. The highest BCUT2D eigenvalue weighted by Gasteiger charge is 2.10. The molecule has 0 saturated heterocycles. The average Bonchev–Trinajstić information content (AvgIpc) is 2.52. The van der Waals surface area contributed by atoms with E-state index in [0.29, 0.717) is 23.7 Å². The van der Waals surface area contributed by atoms with Gasteiger partial charge in [-0.05, 0) is 25.0 Å². The van der Waals surface area contributed by atoms with Crippen LogP contribution in [0, 0.1) is 0 Å². The summed E-state index contributed by atoms with van der Waals surface area (Å²) in [5.74, 6) is -0.586. The number of carbonyl (C=O) groups excluding carboxylic acids is 2. The van der Waals surface area contributed by atoms with E-state index in [1.807, 2.05) is 0 Å². The first kappa shape index (κ1) is 18.5. The lowest BCUT2D eigenvalue weighted by atomic mass is 10.2. The van der Waals surface area contributed by atoms with E-state index in [2.05, 4.69) is 17.6 Å². The minimum Gasteiger partial charge on any atom is -0.381 e. The summed E-state index contributed by atoms with van der Waals surface area (Å²) in [7, 11) is 0. The molecule has 0 spiro atoms. The molecule has 1 aromatic carbocycles. The molecule has 0 saturated carbocycles. The smallest absolute Gasteiger partial charge is 0.253 e. The van der Waals surface area contributed by atoms with Gasteiger partial charge in [-0.25, -0.2) is 0 Å². The van der Waals surface area contributed by atoms with E-state index < -0.39 is 0 Å². The molecule has 0 fully saturated rings. The van der Waals surface area contributed by atoms with Crippen molar-refractivity contribution >= 4 is 23.4 Å². The second-order valence-electron chi connectivity index (χ2n) is 4.83. The number of nitrogens with one attached hydrogen (secondary N) is 2. The van der Waals surface area contributed by atoms with Crippen LogP contribution in [0.4, 0.5) is 0 Å². The molecule has 0 aromatic heterocycles. The minimum absolute atomic E-state index is 0.0687. The number of unbranched alkanes of at least 4 members (excludes halogenated alkanes) is 1. The molecule has 0 bridgehead atoms. The molecule has 0 radical (unpaired) electrons. The maximum atomic E-state index is 11.9. The molecule has 22 heavy (non-hydrogen) atoms. The van der Waals surface area contributed by atoms with Crippen LogP contribution in [0.15, 0.2) is 24.3 Å². The predicted molar refractivity (Wildman–Crippen MR) is 87.1 cm³/mol. The van der Waals surface area contributed by atoms with Crippen LogP contribution in [0.5, 0.6) is 0 Å². The van der Waals surface area contributed by atoms with Crippen molar-refractivity contribution in [1.29, 1.82) is 0 Å². The largest absolute Gasteiger partial charge is 0.381 e. The first-order valence-corrected chi connectivity index (χ1v) is 7.90. The molecule has 0 unspecified atom stereocenters. The Bertz CT molecular complexity index is 480. The maximum absolute atomic E-state index is 11.9. The van der Waals surface area contributed by atoms with Gasteiger partial charge in [0, 0.05) is 19.8 Å². The molecule has 2 amide bonds. The van der Waals surface area contributed by atoms with Gasteiger partial charge in [0.1, 0.15) is 0 Å². The van der Waals surface area contributed by atoms with Gasteiger partial charge in [0.05, 0.1) is 17.1 Å². The van der Waals surface area contributed by atoms with E-state index in [1.165, 1.54) is 0 Å². The second-order valence-corrected chi connectivity index (χ2v) is 5.24. The fourth-order valence-corrected chi connectivity index (χ4v) is 1.94. The van der Waals surface area contributed by atoms with Crippen LogP contribution in [0.1, 0.15) is 36.5 Å². The molecule has 122 valence electrons. The maximum Gasteiger partial charge on any atom is 0.253 e. The number of hydrogen-bond donors (Lipinski definition) is 2. The molecule has 0 aliphatic heterocycles. The molecule has 6 heteroatoms. The minimum atomic E-state index is -0.358. The highest BCUT2D eigenvalue weighted by molar-refractivity contribution is 6.33. The van der Waals surface area contributed by atoms with Gasteiger partial charge in [-0.3, -0.25) is 9.59 Å². The first-order valence-electron chi connectivity index (χ1n) is 7.52. The number of rotatable bonds is 10. The van der Waals surface area contributed by atoms with Gasteiger partial charge in [0.15, 0.2) is 0 Å². The Morgan fingerprint density at radius 3 is 2.59 bits per heavy atom. The van der Waals surface area contributed by atoms with Gasteiger partial charge in [-0.15, -0.1) is 0 Å². The number of halogens is 1. The Balaban J connectivity index is 2.13. The third-order valence-corrected chi connectivity index (χ3v) is 3.29. The van der Waals surface area contributed by atoms with Crippen LogP contribution in [0.2, 0.25) is 5.02 Å². The first-order chi connectivity index (χ1) is 10.6. The predicted octanol–water partition coefficient (Wildman–Crippen LogP) is 2.39. The fraction of sp³-hybridized carbons (Fsp3) is 0.500. The molecule has 0 atom stereocenters. The zero-order valence-corrected chi connectivity index (χ0v) is 13.6.